The predicted molar refractivity (Wildman–Crippen MR) is 94.6 cm³/mol. The predicted octanol–water partition coefficient (Wildman–Crippen LogP) is 4.14. The first-order valence-electron chi connectivity index (χ1n) is 8.32. The Morgan fingerprint density at radius 3 is 2.88 bits per heavy atom. The van der Waals surface area contributed by atoms with Gasteiger partial charge >= 0.3 is 0 Å². The van der Waals surface area contributed by atoms with Crippen molar-refractivity contribution in [3.05, 3.63) is 41.2 Å². The van der Waals surface area contributed by atoms with Crippen molar-refractivity contribution >= 4 is 23.2 Å². The molecule has 1 fully saturated rings. The fourth-order valence-corrected chi connectivity index (χ4v) is 3.39. The lowest BCUT2D eigenvalue weighted by Crippen LogP contribution is -2.20. The first-order chi connectivity index (χ1) is 11.6. The monoisotopic (exact) mass is 347 g/mol. The summed E-state index contributed by atoms with van der Waals surface area (Å²) in [6.07, 6.45) is 9.41. The van der Waals surface area contributed by atoms with Crippen LogP contribution in [0.1, 0.15) is 43.6 Å². The van der Waals surface area contributed by atoms with E-state index in [9.17, 15) is 4.79 Å². The van der Waals surface area contributed by atoms with E-state index in [2.05, 4.69) is 10.4 Å². The summed E-state index contributed by atoms with van der Waals surface area (Å²) in [6, 6.07) is 5.65. The summed E-state index contributed by atoms with van der Waals surface area (Å²) in [6.45, 7) is -0.0315. The molecule has 24 heavy (non-hydrogen) atoms. The number of anilines is 1. The minimum atomic E-state index is -0.201. The second kappa shape index (κ2) is 7.71. The molecule has 2 aromatic rings. The summed E-state index contributed by atoms with van der Waals surface area (Å²) < 4.78 is 7.42. The Balaban J connectivity index is 1.64. The molecule has 1 aromatic carbocycles. The fourth-order valence-electron chi connectivity index (χ4n) is 3.21. The molecule has 1 aromatic heterocycles. The van der Waals surface area contributed by atoms with Crippen molar-refractivity contribution in [2.24, 2.45) is 7.05 Å². The lowest BCUT2D eigenvalue weighted by Gasteiger charge is -2.24. The molecule has 5 nitrogen and oxygen atoms in total. The van der Waals surface area contributed by atoms with E-state index >= 15 is 0 Å². The van der Waals surface area contributed by atoms with Crippen LogP contribution in [-0.2, 0) is 11.8 Å². The van der Waals surface area contributed by atoms with Crippen LogP contribution in [0.25, 0.3) is 0 Å². The largest absolute Gasteiger partial charge is 0.483 e. The number of rotatable bonds is 5. The van der Waals surface area contributed by atoms with Gasteiger partial charge < -0.3 is 10.1 Å². The Bertz CT molecular complexity index is 708. The summed E-state index contributed by atoms with van der Waals surface area (Å²) in [5, 5.41) is 7.50. The Hall–Kier alpha value is -2.01. The van der Waals surface area contributed by atoms with Gasteiger partial charge in [-0.05, 0) is 42.5 Å². The van der Waals surface area contributed by atoms with Gasteiger partial charge in [0, 0.05) is 18.3 Å². The first-order valence-corrected chi connectivity index (χ1v) is 8.70. The molecule has 0 unspecified atom stereocenters. The zero-order valence-corrected chi connectivity index (χ0v) is 14.6. The van der Waals surface area contributed by atoms with Gasteiger partial charge in [-0.1, -0.05) is 30.9 Å². The Kier molecular flexibility index (Phi) is 5.41. The highest BCUT2D eigenvalue weighted by Gasteiger charge is 2.20. The lowest BCUT2D eigenvalue weighted by molar-refractivity contribution is -0.118. The minimum absolute atomic E-state index is 0.0315. The molecule has 1 N–H and O–H groups in total. The average molecular weight is 348 g/mol. The van der Waals surface area contributed by atoms with Crippen molar-refractivity contribution in [3.8, 4) is 5.75 Å². The van der Waals surface area contributed by atoms with Crippen LogP contribution in [0.2, 0.25) is 5.02 Å². The van der Waals surface area contributed by atoms with E-state index in [4.69, 9.17) is 16.3 Å². The second-order valence-corrected chi connectivity index (χ2v) is 6.69. The third kappa shape index (κ3) is 4.29. The van der Waals surface area contributed by atoms with Gasteiger partial charge in [0.15, 0.2) is 6.61 Å². The van der Waals surface area contributed by atoms with Crippen molar-refractivity contribution in [3.63, 3.8) is 0 Å². The van der Waals surface area contributed by atoms with E-state index in [-0.39, 0.29) is 12.5 Å². The molecule has 1 aliphatic carbocycles. The molecule has 0 spiro atoms. The highest BCUT2D eigenvalue weighted by atomic mass is 35.5. The van der Waals surface area contributed by atoms with Crippen LogP contribution in [-0.4, -0.2) is 22.3 Å². The molecule has 1 heterocycles. The molecule has 0 bridgehead atoms. The number of aryl methyl sites for hydroxylation is 1. The van der Waals surface area contributed by atoms with Crippen LogP contribution in [0.4, 0.5) is 5.69 Å². The van der Waals surface area contributed by atoms with E-state index in [0.29, 0.717) is 16.6 Å². The van der Waals surface area contributed by atoms with Crippen molar-refractivity contribution in [2.45, 2.75) is 38.0 Å². The van der Waals surface area contributed by atoms with Crippen molar-refractivity contribution < 1.29 is 9.53 Å². The van der Waals surface area contributed by atoms with Crippen molar-refractivity contribution in [1.82, 2.24) is 9.78 Å². The van der Waals surface area contributed by atoms with Gasteiger partial charge in [0.2, 0.25) is 0 Å². The zero-order chi connectivity index (χ0) is 16.9. The Morgan fingerprint density at radius 1 is 1.38 bits per heavy atom. The summed E-state index contributed by atoms with van der Waals surface area (Å²) in [5.41, 5.74) is 1.78. The number of nitrogens with zero attached hydrogens (tertiary/aromatic N) is 2. The maximum Gasteiger partial charge on any atom is 0.262 e. The number of nitrogens with one attached hydrogen (secondary N) is 1. The van der Waals surface area contributed by atoms with Crippen molar-refractivity contribution in [1.29, 1.82) is 0 Å². The smallest absolute Gasteiger partial charge is 0.262 e. The van der Waals surface area contributed by atoms with Crippen LogP contribution in [0, 0.1) is 0 Å². The zero-order valence-electron chi connectivity index (χ0n) is 13.8. The maximum absolute atomic E-state index is 12.1. The lowest BCUT2D eigenvalue weighted by atomic mass is 9.84. The Labute approximate surface area is 147 Å². The quantitative estimate of drug-likeness (QED) is 0.884. The number of halogens is 1. The number of hydrogen-bond acceptors (Lipinski definition) is 3. The van der Waals surface area contributed by atoms with E-state index in [1.54, 1.807) is 24.1 Å². The minimum Gasteiger partial charge on any atom is -0.483 e. The van der Waals surface area contributed by atoms with E-state index in [1.807, 2.05) is 18.2 Å². The second-order valence-electron chi connectivity index (χ2n) is 6.26. The first kappa shape index (κ1) is 16.8. The Morgan fingerprint density at radius 2 is 2.17 bits per heavy atom. The van der Waals surface area contributed by atoms with Crippen LogP contribution in [0.15, 0.2) is 30.6 Å². The maximum atomic E-state index is 12.1. The van der Waals surface area contributed by atoms with Crippen LogP contribution in [0.3, 0.4) is 0 Å². The van der Waals surface area contributed by atoms with Gasteiger partial charge in [-0.25, -0.2) is 0 Å². The SMILES string of the molecule is Cn1cc(NC(=O)COc2ccc(Cl)cc2C2CCCCC2)cn1. The van der Waals surface area contributed by atoms with Crippen LogP contribution < -0.4 is 10.1 Å². The van der Waals surface area contributed by atoms with Gasteiger partial charge in [-0.3, -0.25) is 9.48 Å². The van der Waals surface area contributed by atoms with Crippen LogP contribution >= 0.6 is 11.6 Å². The molecule has 6 heteroatoms. The fraction of sp³-hybridized carbons (Fsp3) is 0.444. The van der Waals surface area contributed by atoms with Gasteiger partial charge in [0.25, 0.3) is 5.91 Å². The molecule has 0 radical (unpaired) electrons. The highest BCUT2D eigenvalue weighted by molar-refractivity contribution is 6.30. The third-order valence-electron chi connectivity index (χ3n) is 4.36. The van der Waals surface area contributed by atoms with Crippen LogP contribution in [0.5, 0.6) is 5.75 Å². The molecule has 3 rings (SSSR count). The number of benzene rings is 1. The van der Waals surface area contributed by atoms with Gasteiger partial charge in [0.1, 0.15) is 5.75 Å². The van der Waals surface area contributed by atoms with Gasteiger partial charge in [-0.2, -0.15) is 5.10 Å². The summed E-state index contributed by atoms with van der Waals surface area (Å²) in [7, 11) is 1.80. The molecule has 1 aliphatic rings. The number of hydrogen-bond donors (Lipinski definition) is 1. The molecule has 0 atom stereocenters. The van der Waals surface area contributed by atoms with E-state index < -0.39 is 0 Å². The highest BCUT2D eigenvalue weighted by Crippen LogP contribution is 2.38. The number of carbonyl (C=O) groups is 1. The summed E-state index contributed by atoms with van der Waals surface area (Å²) >= 11 is 6.16. The van der Waals surface area contributed by atoms with Crippen molar-refractivity contribution in [2.75, 3.05) is 11.9 Å². The van der Waals surface area contributed by atoms with Gasteiger partial charge in [-0.15, -0.1) is 0 Å². The summed E-state index contributed by atoms with van der Waals surface area (Å²) in [5.74, 6) is 1.02. The molecule has 1 amide bonds. The molecule has 128 valence electrons. The normalized spacial score (nSPS) is 15.2. The molecule has 1 saturated carbocycles. The molecule has 0 aliphatic heterocycles. The third-order valence-corrected chi connectivity index (χ3v) is 4.60. The number of amides is 1. The van der Waals surface area contributed by atoms with E-state index in [1.165, 1.54) is 19.3 Å². The molecular formula is C18H22ClN3O2. The topological polar surface area (TPSA) is 56.2 Å². The molecule has 0 saturated heterocycles. The number of aromatic nitrogens is 2. The number of carbonyl (C=O) groups excluding carboxylic acids is 1. The molecular weight excluding hydrogens is 326 g/mol. The standard InChI is InChI=1S/C18H22ClN3O2/c1-22-11-15(10-20-22)21-18(23)12-24-17-8-7-14(19)9-16(17)13-5-3-2-4-6-13/h7-11,13H,2-6,12H2,1H3,(H,21,23). The summed E-state index contributed by atoms with van der Waals surface area (Å²) in [4.78, 5) is 12.1. The number of ether oxygens (including phenoxy) is 1. The van der Waals surface area contributed by atoms with Gasteiger partial charge in [0.05, 0.1) is 11.9 Å². The average Bonchev–Trinajstić information content (AvgIpc) is 2.99. The van der Waals surface area contributed by atoms with E-state index in [0.717, 1.165) is 24.2 Å².